The van der Waals surface area contributed by atoms with Crippen molar-refractivity contribution < 1.29 is 18.9 Å². The first-order chi connectivity index (χ1) is 9.28. The van der Waals surface area contributed by atoms with E-state index in [0.29, 0.717) is 19.8 Å². The Bertz CT molecular complexity index is 439. The Balaban J connectivity index is 1.58. The van der Waals surface area contributed by atoms with Crippen LogP contribution in [0.5, 0.6) is 5.75 Å². The molecule has 0 radical (unpaired) electrons. The van der Waals surface area contributed by atoms with E-state index in [0.717, 1.165) is 11.3 Å². The van der Waals surface area contributed by atoms with E-state index in [4.69, 9.17) is 24.7 Å². The minimum atomic E-state index is -0.0373. The van der Waals surface area contributed by atoms with Crippen molar-refractivity contribution in [1.82, 2.24) is 0 Å². The summed E-state index contributed by atoms with van der Waals surface area (Å²) < 4.78 is 22.3. The van der Waals surface area contributed by atoms with Gasteiger partial charge in [-0.05, 0) is 17.7 Å². The molecule has 0 aliphatic carbocycles. The molecule has 2 N–H and O–H groups in total. The highest BCUT2D eigenvalue weighted by molar-refractivity contribution is 5.27. The number of nitrogens with two attached hydrogens (primary N) is 1. The van der Waals surface area contributed by atoms with Gasteiger partial charge < -0.3 is 24.7 Å². The van der Waals surface area contributed by atoms with Crippen molar-refractivity contribution in [3.05, 3.63) is 29.8 Å². The largest absolute Gasteiger partial charge is 0.497 e. The first kappa shape index (κ1) is 12.9. The van der Waals surface area contributed by atoms with Gasteiger partial charge in [-0.25, -0.2) is 0 Å². The Morgan fingerprint density at radius 3 is 2.95 bits per heavy atom. The lowest BCUT2D eigenvalue weighted by Gasteiger charge is -2.17. The second-order valence-electron chi connectivity index (χ2n) is 4.96. The highest BCUT2D eigenvalue weighted by Crippen LogP contribution is 2.28. The second kappa shape index (κ2) is 5.46. The van der Waals surface area contributed by atoms with E-state index in [-0.39, 0.29) is 24.4 Å². The van der Waals surface area contributed by atoms with Crippen LogP contribution in [0.2, 0.25) is 0 Å². The van der Waals surface area contributed by atoms with Gasteiger partial charge in [0.2, 0.25) is 0 Å². The fraction of sp³-hybridized carbons (Fsp3) is 0.571. The van der Waals surface area contributed by atoms with Gasteiger partial charge in [0.1, 0.15) is 24.1 Å². The van der Waals surface area contributed by atoms with Crippen molar-refractivity contribution >= 4 is 0 Å². The number of hydrogen-bond acceptors (Lipinski definition) is 5. The zero-order chi connectivity index (χ0) is 13.2. The van der Waals surface area contributed by atoms with Crippen LogP contribution in [0.15, 0.2) is 24.3 Å². The Morgan fingerprint density at radius 2 is 2.11 bits per heavy atom. The maximum absolute atomic E-state index is 5.91. The normalized spacial score (nSPS) is 33.4. The van der Waals surface area contributed by atoms with Gasteiger partial charge in [0.05, 0.1) is 33.0 Å². The summed E-state index contributed by atoms with van der Waals surface area (Å²) in [5.74, 6) is 0.834. The topological polar surface area (TPSA) is 62.9 Å². The SMILES string of the molecule is COc1cccc(CO[C@@H]2CO[C@H]3[C@@H]2OC[C@@H]3N)c1. The molecule has 2 aliphatic heterocycles. The lowest BCUT2D eigenvalue weighted by atomic mass is 10.1. The van der Waals surface area contributed by atoms with Gasteiger partial charge in [-0.3, -0.25) is 0 Å². The molecule has 2 saturated heterocycles. The van der Waals surface area contributed by atoms with Crippen LogP contribution in [-0.2, 0) is 20.8 Å². The molecule has 19 heavy (non-hydrogen) atoms. The van der Waals surface area contributed by atoms with Crippen LogP contribution in [0.3, 0.4) is 0 Å². The summed E-state index contributed by atoms with van der Waals surface area (Å²) >= 11 is 0. The third-order valence-corrected chi connectivity index (χ3v) is 3.64. The molecule has 0 bridgehead atoms. The van der Waals surface area contributed by atoms with E-state index in [9.17, 15) is 0 Å². The summed E-state index contributed by atoms with van der Waals surface area (Å²) in [6.07, 6.45) is -0.0827. The van der Waals surface area contributed by atoms with E-state index < -0.39 is 0 Å². The van der Waals surface area contributed by atoms with Crippen molar-refractivity contribution in [2.75, 3.05) is 20.3 Å². The van der Waals surface area contributed by atoms with Gasteiger partial charge in [0.25, 0.3) is 0 Å². The van der Waals surface area contributed by atoms with Crippen molar-refractivity contribution in [3.63, 3.8) is 0 Å². The molecule has 0 amide bonds. The quantitative estimate of drug-likeness (QED) is 0.868. The van der Waals surface area contributed by atoms with Gasteiger partial charge in [0.15, 0.2) is 0 Å². The fourth-order valence-electron chi connectivity index (χ4n) is 2.60. The van der Waals surface area contributed by atoms with Gasteiger partial charge in [-0.15, -0.1) is 0 Å². The smallest absolute Gasteiger partial charge is 0.119 e. The van der Waals surface area contributed by atoms with Gasteiger partial charge in [0, 0.05) is 0 Å². The van der Waals surface area contributed by atoms with Gasteiger partial charge in [-0.2, -0.15) is 0 Å². The van der Waals surface area contributed by atoms with Crippen molar-refractivity contribution in [2.45, 2.75) is 31.0 Å². The molecule has 0 spiro atoms. The standard InChI is InChI=1S/C14H19NO4/c1-16-10-4-2-3-9(5-10)6-17-12-8-19-13-11(15)7-18-14(12)13/h2-5,11-14H,6-8,15H2,1H3/t11-,12+,13+,14+/m0/s1. The van der Waals surface area contributed by atoms with Gasteiger partial charge >= 0.3 is 0 Å². The van der Waals surface area contributed by atoms with E-state index in [1.807, 2.05) is 24.3 Å². The summed E-state index contributed by atoms with van der Waals surface area (Å²) in [7, 11) is 1.66. The third kappa shape index (κ3) is 2.60. The van der Waals surface area contributed by atoms with Crippen LogP contribution >= 0.6 is 0 Å². The molecule has 5 heteroatoms. The van der Waals surface area contributed by atoms with Crippen LogP contribution < -0.4 is 10.5 Å². The van der Waals surface area contributed by atoms with E-state index in [1.165, 1.54) is 0 Å². The first-order valence-electron chi connectivity index (χ1n) is 6.51. The maximum atomic E-state index is 5.91. The van der Waals surface area contributed by atoms with E-state index >= 15 is 0 Å². The predicted octanol–water partition coefficient (Wildman–Crippen LogP) is 0.705. The molecule has 2 heterocycles. The van der Waals surface area contributed by atoms with Crippen molar-refractivity contribution in [3.8, 4) is 5.75 Å². The monoisotopic (exact) mass is 265 g/mol. The number of ether oxygens (including phenoxy) is 4. The summed E-state index contributed by atoms with van der Waals surface area (Å²) in [5, 5.41) is 0. The molecule has 3 rings (SSSR count). The predicted molar refractivity (Wildman–Crippen MR) is 69.0 cm³/mol. The third-order valence-electron chi connectivity index (χ3n) is 3.64. The summed E-state index contributed by atoms with van der Waals surface area (Å²) in [5.41, 5.74) is 6.98. The Morgan fingerprint density at radius 1 is 1.26 bits per heavy atom. The second-order valence-corrected chi connectivity index (χ2v) is 4.96. The first-order valence-corrected chi connectivity index (χ1v) is 6.51. The molecule has 0 saturated carbocycles. The zero-order valence-electron chi connectivity index (χ0n) is 11.0. The molecule has 5 nitrogen and oxygen atoms in total. The zero-order valence-corrected chi connectivity index (χ0v) is 11.0. The van der Waals surface area contributed by atoms with Crippen LogP contribution in [0.25, 0.3) is 0 Å². The molecule has 1 aromatic rings. The van der Waals surface area contributed by atoms with Crippen molar-refractivity contribution in [2.24, 2.45) is 5.73 Å². The lowest BCUT2D eigenvalue weighted by molar-refractivity contribution is -0.0390. The lowest BCUT2D eigenvalue weighted by Crippen LogP contribution is -2.37. The van der Waals surface area contributed by atoms with Crippen LogP contribution in [0, 0.1) is 0 Å². The average molecular weight is 265 g/mol. The molecule has 2 fully saturated rings. The number of benzene rings is 1. The minimum absolute atomic E-state index is 0.0182. The molecule has 1 aromatic carbocycles. The molecular formula is C14H19NO4. The van der Waals surface area contributed by atoms with Crippen molar-refractivity contribution in [1.29, 1.82) is 0 Å². The fourth-order valence-corrected chi connectivity index (χ4v) is 2.60. The number of methoxy groups -OCH3 is 1. The highest BCUT2D eigenvalue weighted by Gasteiger charge is 2.46. The Hall–Kier alpha value is -1.14. The number of fused-ring (bicyclic) bond motifs is 1. The average Bonchev–Trinajstić information content (AvgIpc) is 3.00. The molecular weight excluding hydrogens is 246 g/mol. The minimum Gasteiger partial charge on any atom is -0.497 e. The molecule has 4 atom stereocenters. The number of hydrogen-bond donors (Lipinski definition) is 1. The van der Waals surface area contributed by atoms with Crippen LogP contribution in [0.4, 0.5) is 0 Å². The Labute approximate surface area is 112 Å². The van der Waals surface area contributed by atoms with E-state index in [1.54, 1.807) is 7.11 Å². The van der Waals surface area contributed by atoms with Crippen LogP contribution in [-0.4, -0.2) is 44.7 Å². The van der Waals surface area contributed by atoms with E-state index in [2.05, 4.69) is 0 Å². The number of rotatable bonds is 4. The van der Waals surface area contributed by atoms with Gasteiger partial charge in [-0.1, -0.05) is 12.1 Å². The summed E-state index contributed by atoms with van der Waals surface area (Å²) in [6.45, 7) is 1.62. The molecule has 104 valence electrons. The maximum Gasteiger partial charge on any atom is 0.119 e. The molecule has 0 aromatic heterocycles. The molecule has 2 aliphatic rings. The summed E-state index contributed by atoms with van der Waals surface area (Å²) in [4.78, 5) is 0. The summed E-state index contributed by atoms with van der Waals surface area (Å²) in [6, 6.07) is 7.81. The Kier molecular flexibility index (Phi) is 3.70. The molecule has 0 unspecified atom stereocenters. The highest BCUT2D eigenvalue weighted by atomic mass is 16.6. The van der Waals surface area contributed by atoms with Crippen LogP contribution in [0.1, 0.15) is 5.56 Å².